The van der Waals surface area contributed by atoms with E-state index in [1.165, 1.54) is 6.33 Å². The summed E-state index contributed by atoms with van der Waals surface area (Å²) < 4.78 is 39.2. The first kappa shape index (κ1) is 12.8. The van der Waals surface area contributed by atoms with Gasteiger partial charge in [0.2, 0.25) is 0 Å². The summed E-state index contributed by atoms with van der Waals surface area (Å²) in [6.07, 6.45) is 1.69. The highest BCUT2D eigenvalue weighted by atomic mass is 35.5. The summed E-state index contributed by atoms with van der Waals surface area (Å²) in [6.45, 7) is 1.81. The van der Waals surface area contributed by atoms with Crippen molar-refractivity contribution in [2.24, 2.45) is 0 Å². The van der Waals surface area contributed by atoms with E-state index in [1.807, 2.05) is 6.92 Å². The fourth-order valence-corrected chi connectivity index (χ4v) is 1.91. The third-order valence-corrected chi connectivity index (χ3v) is 2.83. The normalized spacial score (nSPS) is 10.7. The first-order valence-corrected chi connectivity index (χ1v) is 5.56. The zero-order chi connectivity index (χ0) is 13.3. The Morgan fingerprint density at radius 3 is 2.28 bits per heavy atom. The predicted molar refractivity (Wildman–Crippen MR) is 61.7 cm³/mol. The van der Waals surface area contributed by atoms with Gasteiger partial charge in [-0.3, -0.25) is 0 Å². The lowest BCUT2D eigenvalue weighted by atomic mass is 10.1. The average molecular weight is 273 g/mol. The first-order valence-electron chi connectivity index (χ1n) is 5.18. The van der Waals surface area contributed by atoms with E-state index in [4.69, 9.17) is 11.6 Å². The van der Waals surface area contributed by atoms with Crippen molar-refractivity contribution < 1.29 is 13.2 Å². The van der Waals surface area contributed by atoms with Gasteiger partial charge in [0, 0.05) is 11.1 Å². The molecule has 1 aromatic carbocycles. The zero-order valence-corrected chi connectivity index (χ0v) is 10.1. The highest BCUT2D eigenvalue weighted by molar-refractivity contribution is 6.30. The Kier molecular flexibility index (Phi) is 3.52. The van der Waals surface area contributed by atoms with Gasteiger partial charge in [0.15, 0.2) is 17.5 Å². The van der Waals surface area contributed by atoms with Gasteiger partial charge in [-0.25, -0.2) is 23.1 Å². The first-order chi connectivity index (χ1) is 8.54. The lowest BCUT2D eigenvalue weighted by molar-refractivity contribution is 0.447. The SMILES string of the molecule is CCc1c(Cl)ncnc1-c1cc(F)c(F)c(F)c1. The maximum absolute atomic E-state index is 13.2. The molecule has 0 amide bonds. The molecule has 0 bridgehead atoms. The van der Waals surface area contributed by atoms with Crippen molar-refractivity contribution >= 4 is 11.6 Å². The highest BCUT2D eigenvalue weighted by Crippen LogP contribution is 2.28. The van der Waals surface area contributed by atoms with Crippen molar-refractivity contribution in [1.29, 1.82) is 0 Å². The third-order valence-electron chi connectivity index (χ3n) is 2.50. The van der Waals surface area contributed by atoms with E-state index >= 15 is 0 Å². The molecule has 2 rings (SSSR count). The van der Waals surface area contributed by atoms with Crippen LogP contribution in [-0.2, 0) is 6.42 Å². The fourth-order valence-electron chi connectivity index (χ4n) is 1.65. The van der Waals surface area contributed by atoms with Crippen molar-refractivity contribution in [3.05, 3.63) is 46.6 Å². The largest absolute Gasteiger partial charge is 0.236 e. The molecule has 0 spiro atoms. The van der Waals surface area contributed by atoms with Gasteiger partial charge in [-0.2, -0.15) is 0 Å². The van der Waals surface area contributed by atoms with Crippen molar-refractivity contribution in [3.63, 3.8) is 0 Å². The molecule has 0 atom stereocenters. The highest BCUT2D eigenvalue weighted by Gasteiger charge is 2.15. The van der Waals surface area contributed by atoms with Gasteiger partial charge in [0.25, 0.3) is 0 Å². The van der Waals surface area contributed by atoms with E-state index in [2.05, 4.69) is 9.97 Å². The van der Waals surface area contributed by atoms with Gasteiger partial charge >= 0.3 is 0 Å². The van der Waals surface area contributed by atoms with Gasteiger partial charge in [-0.15, -0.1) is 0 Å². The molecule has 0 fully saturated rings. The van der Waals surface area contributed by atoms with Crippen LogP contribution in [0.15, 0.2) is 18.5 Å². The summed E-state index contributed by atoms with van der Waals surface area (Å²) in [5.74, 6) is -4.03. The van der Waals surface area contributed by atoms with Crippen molar-refractivity contribution in [2.75, 3.05) is 0 Å². The average Bonchev–Trinajstić information content (AvgIpc) is 2.35. The van der Waals surface area contributed by atoms with Crippen LogP contribution in [0.2, 0.25) is 5.15 Å². The molecule has 0 aliphatic heterocycles. The van der Waals surface area contributed by atoms with Crippen LogP contribution in [0.3, 0.4) is 0 Å². The van der Waals surface area contributed by atoms with E-state index in [0.29, 0.717) is 17.7 Å². The fraction of sp³-hybridized carbons (Fsp3) is 0.167. The molecule has 2 nitrogen and oxygen atoms in total. The van der Waals surface area contributed by atoms with Crippen LogP contribution in [0.4, 0.5) is 13.2 Å². The maximum Gasteiger partial charge on any atom is 0.194 e. The monoisotopic (exact) mass is 272 g/mol. The molecule has 0 aliphatic rings. The number of nitrogens with zero attached hydrogens (tertiary/aromatic N) is 2. The molecular formula is C12H8ClF3N2. The minimum absolute atomic E-state index is 0.132. The molecule has 94 valence electrons. The van der Waals surface area contributed by atoms with E-state index < -0.39 is 17.5 Å². The predicted octanol–water partition coefficient (Wildman–Crippen LogP) is 3.78. The number of hydrogen-bond acceptors (Lipinski definition) is 2. The van der Waals surface area contributed by atoms with E-state index in [1.54, 1.807) is 0 Å². The lowest BCUT2D eigenvalue weighted by Gasteiger charge is -2.08. The second kappa shape index (κ2) is 4.94. The molecule has 0 radical (unpaired) electrons. The van der Waals surface area contributed by atoms with Gasteiger partial charge in [-0.1, -0.05) is 18.5 Å². The van der Waals surface area contributed by atoms with E-state index in [9.17, 15) is 13.2 Å². The van der Waals surface area contributed by atoms with Crippen LogP contribution >= 0.6 is 11.6 Å². The van der Waals surface area contributed by atoms with Gasteiger partial charge < -0.3 is 0 Å². The molecule has 1 heterocycles. The van der Waals surface area contributed by atoms with Crippen molar-refractivity contribution in [3.8, 4) is 11.3 Å². The van der Waals surface area contributed by atoms with Crippen LogP contribution in [0.25, 0.3) is 11.3 Å². The van der Waals surface area contributed by atoms with Crippen LogP contribution in [-0.4, -0.2) is 9.97 Å². The number of benzene rings is 1. The molecule has 2 aromatic rings. The summed E-state index contributed by atoms with van der Waals surface area (Å²) in [5.41, 5.74) is 0.993. The molecule has 0 unspecified atom stereocenters. The van der Waals surface area contributed by atoms with Crippen molar-refractivity contribution in [2.45, 2.75) is 13.3 Å². The summed E-state index contributed by atoms with van der Waals surface area (Å²) in [7, 11) is 0. The topological polar surface area (TPSA) is 25.8 Å². The Morgan fingerprint density at radius 1 is 1.11 bits per heavy atom. The second-order valence-electron chi connectivity index (χ2n) is 3.60. The Bertz CT molecular complexity index is 579. The number of halogens is 4. The number of hydrogen-bond donors (Lipinski definition) is 0. The quantitative estimate of drug-likeness (QED) is 0.614. The minimum atomic E-state index is -1.50. The second-order valence-corrected chi connectivity index (χ2v) is 3.96. The number of aromatic nitrogens is 2. The molecule has 0 aliphatic carbocycles. The Balaban J connectivity index is 2.66. The maximum atomic E-state index is 13.2. The number of rotatable bonds is 2. The molecule has 18 heavy (non-hydrogen) atoms. The molecule has 0 saturated heterocycles. The summed E-state index contributed by atoms with van der Waals surface area (Å²) in [6, 6.07) is 1.77. The molecule has 6 heteroatoms. The van der Waals surface area contributed by atoms with Crippen LogP contribution in [0.5, 0.6) is 0 Å². The molecular weight excluding hydrogens is 265 g/mol. The van der Waals surface area contributed by atoms with Gasteiger partial charge in [0.05, 0.1) is 5.69 Å². The smallest absolute Gasteiger partial charge is 0.194 e. The molecule has 0 saturated carbocycles. The van der Waals surface area contributed by atoms with Gasteiger partial charge in [0.1, 0.15) is 11.5 Å². The summed E-state index contributed by atoms with van der Waals surface area (Å²) in [4.78, 5) is 7.73. The zero-order valence-electron chi connectivity index (χ0n) is 9.35. The van der Waals surface area contributed by atoms with E-state index in [-0.39, 0.29) is 10.7 Å². The van der Waals surface area contributed by atoms with Crippen molar-refractivity contribution in [1.82, 2.24) is 9.97 Å². The summed E-state index contributed by atoms with van der Waals surface area (Å²) >= 11 is 5.88. The van der Waals surface area contributed by atoms with Crippen LogP contribution < -0.4 is 0 Å². The van der Waals surface area contributed by atoms with Crippen LogP contribution in [0.1, 0.15) is 12.5 Å². The standard InChI is InChI=1S/C12H8ClF3N2/c1-2-7-11(17-5-18-12(7)13)6-3-8(14)10(16)9(15)4-6/h3-5H,2H2,1H3. The lowest BCUT2D eigenvalue weighted by Crippen LogP contribution is -1.98. The third kappa shape index (κ3) is 2.18. The minimum Gasteiger partial charge on any atom is -0.236 e. The van der Waals surface area contributed by atoms with Gasteiger partial charge in [-0.05, 0) is 18.6 Å². The molecule has 0 N–H and O–H groups in total. The van der Waals surface area contributed by atoms with Crippen LogP contribution in [0, 0.1) is 17.5 Å². The Labute approximate surface area is 106 Å². The Morgan fingerprint density at radius 2 is 1.72 bits per heavy atom. The Hall–Kier alpha value is -1.62. The summed E-state index contributed by atoms with van der Waals surface area (Å²) in [5, 5.41) is 0.215. The van der Waals surface area contributed by atoms with E-state index in [0.717, 1.165) is 12.1 Å². The molecule has 1 aromatic heterocycles.